The molecule has 74 valence electrons. The highest BCUT2D eigenvalue weighted by molar-refractivity contribution is 7.98. The molecule has 0 fully saturated rings. The van der Waals surface area contributed by atoms with E-state index in [0.29, 0.717) is 5.69 Å². The SMILES string of the molecule is [2H]C(c1cc(SC)n(C)n1)P(C)(C)=O. The van der Waals surface area contributed by atoms with Gasteiger partial charge in [-0.3, -0.25) is 4.68 Å². The molecule has 0 aromatic carbocycles. The van der Waals surface area contributed by atoms with Crippen LogP contribution in [0.15, 0.2) is 11.1 Å². The number of thioether (sulfide) groups is 1. The van der Waals surface area contributed by atoms with Gasteiger partial charge in [-0.15, -0.1) is 11.8 Å². The summed E-state index contributed by atoms with van der Waals surface area (Å²) in [5.41, 5.74) is 0.602. The standard InChI is InChI=1S/C8H15N2OPS/c1-10-8(13-4)5-7(9-10)6-12(2,3)11/h5H,6H2,1-4H3/i6D. The van der Waals surface area contributed by atoms with Crippen molar-refractivity contribution in [1.29, 1.82) is 0 Å². The summed E-state index contributed by atoms with van der Waals surface area (Å²) in [6.07, 6.45) is 1.26. The smallest absolute Gasteiger partial charge is 0.0936 e. The molecule has 3 nitrogen and oxygen atoms in total. The van der Waals surface area contributed by atoms with Crippen LogP contribution in [0.2, 0.25) is 0 Å². The highest BCUT2D eigenvalue weighted by Gasteiger charge is 2.12. The number of aryl methyl sites for hydroxylation is 1. The van der Waals surface area contributed by atoms with Crippen molar-refractivity contribution in [3.63, 3.8) is 0 Å². The zero-order chi connectivity index (χ0) is 10.9. The van der Waals surface area contributed by atoms with E-state index in [1.54, 1.807) is 29.8 Å². The number of hydrogen-bond donors (Lipinski definition) is 0. The minimum absolute atomic E-state index is 0.602. The molecule has 1 unspecified atom stereocenters. The Kier molecular flexibility index (Phi) is 2.80. The second-order valence-corrected chi connectivity index (χ2v) is 7.25. The predicted octanol–water partition coefficient (Wildman–Crippen LogP) is 2.26. The van der Waals surface area contributed by atoms with Gasteiger partial charge in [0.05, 0.1) is 17.9 Å². The molecule has 0 radical (unpaired) electrons. The summed E-state index contributed by atoms with van der Waals surface area (Å²) < 4.78 is 21.2. The molecule has 0 saturated carbocycles. The van der Waals surface area contributed by atoms with Gasteiger partial charge in [-0.1, -0.05) is 0 Å². The lowest BCUT2D eigenvalue weighted by molar-refractivity contribution is 0.581. The predicted molar refractivity (Wildman–Crippen MR) is 58.1 cm³/mol. The third kappa shape index (κ3) is 3.20. The topological polar surface area (TPSA) is 34.9 Å². The average Bonchev–Trinajstić information content (AvgIpc) is 2.43. The van der Waals surface area contributed by atoms with Gasteiger partial charge in [0.2, 0.25) is 0 Å². The van der Waals surface area contributed by atoms with Crippen LogP contribution in [0.3, 0.4) is 0 Å². The van der Waals surface area contributed by atoms with Gasteiger partial charge in [-0.25, -0.2) is 0 Å². The van der Waals surface area contributed by atoms with E-state index in [0.717, 1.165) is 5.03 Å². The van der Waals surface area contributed by atoms with Crippen LogP contribution in [0.1, 0.15) is 7.06 Å². The molecule has 0 aliphatic carbocycles. The lowest BCUT2D eigenvalue weighted by Crippen LogP contribution is -1.93. The van der Waals surface area contributed by atoms with Gasteiger partial charge < -0.3 is 4.57 Å². The van der Waals surface area contributed by atoms with Crippen LogP contribution in [0.5, 0.6) is 0 Å². The van der Waals surface area contributed by atoms with Crippen molar-refractivity contribution in [2.45, 2.75) is 11.2 Å². The molecular weight excluding hydrogens is 203 g/mol. The Balaban J connectivity index is 3.03. The Morgan fingerprint density at radius 2 is 2.38 bits per heavy atom. The number of hydrogen-bond acceptors (Lipinski definition) is 3. The van der Waals surface area contributed by atoms with Crippen LogP contribution >= 0.6 is 18.9 Å². The fourth-order valence-electron chi connectivity index (χ4n) is 1.04. The van der Waals surface area contributed by atoms with Gasteiger partial charge in [-0.05, 0) is 25.7 Å². The maximum atomic E-state index is 11.7. The van der Waals surface area contributed by atoms with Crippen LogP contribution in [0.4, 0.5) is 0 Å². The average molecular weight is 219 g/mol. The molecule has 1 heterocycles. The van der Waals surface area contributed by atoms with Crippen molar-refractivity contribution in [1.82, 2.24) is 9.78 Å². The second kappa shape index (κ2) is 3.89. The Hall–Kier alpha value is -0.210. The first-order valence-corrected chi connectivity index (χ1v) is 7.80. The van der Waals surface area contributed by atoms with Crippen LogP contribution in [-0.4, -0.2) is 29.4 Å². The Bertz CT molecular complexity index is 373. The number of nitrogens with zero attached hydrogens (tertiary/aromatic N) is 2. The van der Waals surface area contributed by atoms with Crippen molar-refractivity contribution in [2.75, 3.05) is 19.6 Å². The van der Waals surface area contributed by atoms with E-state index < -0.39 is 13.3 Å². The molecule has 1 atom stereocenters. The Morgan fingerprint density at radius 1 is 1.77 bits per heavy atom. The summed E-state index contributed by atoms with van der Waals surface area (Å²) in [4.78, 5) is 0. The largest absolute Gasteiger partial charge is 0.324 e. The van der Waals surface area contributed by atoms with Gasteiger partial charge in [0.25, 0.3) is 0 Å². The molecule has 0 saturated heterocycles. The molecule has 0 aliphatic rings. The Morgan fingerprint density at radius 3 is 2.77 bits per heavy atom. The van der Waals surface area contributed by atoms with E-state index in [-0.39, 0.29) is 0 Å². The lowest BCUT2D eigenvalue weighted by atomic mass is 10.5. The van der Waals surface area contributed by atoms with Crippen molar-refractivity contribution in [3.8, 4) is 0 Å². The van der Waals surface area contributed by atoms with Gasteiger partial charge in [0.1, 0.15) is 0 Å². The lowest BCUT2D eigenvalue weighted by Gasteiger charge is -2.01. The first kappa shape index (κ1) is 9.35. The maximum Gasteiger partial charge on any atom is 0.0936 e. The van der Waals surface area contributed by atoms with E-state index in [4.69, 9.17) is 1.37 Å². The quantitative estimate of drug-likeness (QED) is 0.577. The van der Waals surface area contributed by atoms with E-state index in [1.807, 2.05) is 19.4 Å². The summed E-state index contributed by atoms with van der Waals surface area (Å²) in [6.45, 7) is 3.25. The third-order valence-electron chi connectivity index (χ3n) is 1.51. The summed E-state index contributed by atoms with van der Waals surface area (Å²) in [5.74, 6) is 0. The fraction of sp³-hybridized carbons (Fsp3) is 0.625. The zero-order valence-corrected chi connectivity index (χ0v) is 10.0. The molecule has 5 heteroatoms. The molecular formula is C8H15N2OPS. The number of aromatic nitrogens is 2. The molecule has 1 aromatic heterocycles. The maximum absolute atomic E-state index is 11.7. The molecule has 1 rings (SSSR count). The van der Waals surface area contributed by atoms with Crippen LogP contribution in [0, 0.1) is 0 Å². The van der Waals surface area contributed by atoms with Gasteiger partial charge in [-0.2, -0.15) is 5.10 Å². The Labute approximate surface area is 84.7 Å². The summed E-state index contributed by atoms with van der Waals surface area (Å²) in [5, 5.41) is 5.18. The van der Waals surface area contributed by atoms with E-state index >= 15 is 0 Å². The van der Waals surface area contributed by atoms with E-state index in [2.05, 4.69) is 5.10 Å². The molecule has 0 N–H and O–H groups in total. The van der Waals surface area contributed by atoms with E-state index in [1.165, 1.54) is 0 Å². The van der Waals surface area contributed by atoms with Crippen molar-refractivity contribution in [2.24, 2.45) is 7.05 Å². The monoisotopic (exact) mass is 219 g/mol. The molecule has 1 aromatic rings. The van der Waals surface area contributed by atoms with Gasteiger partial charge in [0.15, 0.2) is 0 Å². The highest BCUT2D eigenvalue weighted by atomic mass is 32.2. The van der Waals surface area contributed by atoms with Crippen LogP contribution < -0.4 is 0 Å². The minimum Gasteiger partial charge on any atom is -0.324 e. The molecule has 0 aliphatic heterocycles. The fourth-order valence-corrected chi connectivity index (χ4v) is 2.35. The molecule has 13 heavy (non-hydrogen) atoms. The van der Waals surface area contributed by atoms with Crippen LogP contribution in [-0.2, 0) is 17.8 Å². The highest BCUT2D eigenvalue weighted by Crippen LogP contribution is 2.40. The van der Waals surface area contributed by atoms with Crippen molar-refractivity contribution >= 4 is 18.9 Å². The second-order valence-electron chi connectivity index (χ2n) is 3.30. The summed E-state index contributed by atoms with van der Waals surface area (Å²) in [7, 11) is -0.582. The van der Waals surface area contributed by atoms with Crippen LogP contribution in [0.25, 0.3) is 0 Å². The molecule has 0 bridgehead atoms. The molecule has 0 amide bonds. The third-order valence-corrected chi connectivity index (χ3v) is 3.19. The van der Waals surface area contributed by atoms with E-state index in [9.17, 15) is 4.57 Å². The molecule has 0 spiro atoms. The first-order valence-electron chi connectivity index (χ1n) is 4.49. The zero-order valence-electron chi connectivity index (χ0n) is 9.31. The van der Waals surface area contributed by atoms with Gasteiger partial charge >= 0.3 is 0 Å². The van der Waals surface area contributed by atoms with Crippen molar-refractivity contribution in [3.05, 3.63) is 11.8 Å². The van der Waals surface area contributed by atoms with Crippen molar-refractivity contribution < 1.29 is 5.94 Å². The first-order chi connectivity index (χ1) is 6.36. The summed E-state index contributed by atoms with van der Waals surface area (Å²) in [6, 6.07) is 1.84. The van der Waals surface area contributed by atoms with Gasteiger partial charge in [0, 0.05) is 14.6 Å². The minimum atomic E-state index is -2.41. The normalized spacial score (nSPS) is 15.5. The summed E-state index contributed by atoms with van der Waals surface area (Å²) >= 11 is 1.57. The number of rotatable bonds is 3.